The van der Waals surface area contributed by atoms with Gasteiger partial charge in [0.1, 0.15) is 10.6 Å². The van der Waals surface area contributed by atoms with Gasteiger partial charge in [0.25, 0.3) is 0 Å². The van der Waals surface area contributed by atoms with Crippen LogP contribution in [0.4, 0.5) is 4.79 Å². The van der Waals surface area contributed by atoms with Gasteiger partial charge in [-0.25, -0.2) is 14.6 Å². The largest absolute Gasteiger partial charge is 0.476 e. The van der Waals surface area contributed by atoms with Crippen LogP contribution < -0.4 is 0 Å². The molecular formula is C20H24N2O5S. The van der Waals surface area contributed by atoms with Crippen LogP contribution >= 0.6 is 11.3 Å². The molecule has 1 aromatic heterocycles. The second-order valence-corrected chi connectivity index (χ2v) is 8.57. The van der Waals surface area contributed by atoms with Crippen LogP contribution in [0.3, 0.4) is 0 Å². The molecule has 8 heteroatoms. The summed E-state index contributed by atoms with van der Waals surface area (Å²) in [6.07, 6.45) is -0.0937. The van der Waals surface area contributed by atoms with Crippen molar-refractivity contribution in [1.82, 2.24) is 9.88 Å². The minimum Gasteiger partial charge on any atom is -0.476 e. The van der Waals surface area contributed by atoms with E-state index in [9.17, 15) is 9.59 Å². The first kappa shape index (κ1) is 20.3. The minimum atomic E-state index is -1.08. The Balaban J connectivity index is 1.75. The van der Waals surface area contributed by atoms with E-state index >= 15 is 0 Å². The number of aromatic nitrogens is 1. The number of thiazole rings is 1. The van der Waals surface area contributed by atoms with Crippen LogP contribution in [-0.4, -0.2) is 45.3 Å². The summed E-state index contributed by atoms with van der Waals surface area (Å²) in [5.41, 5.74) is 0.412. The van der Waals surface area contributed by atoms with Gasteiger partial charge in [0.2, 0.25) is 0 Å². The first-order chi connectivity index (χ1) is 13.2. The quantitative estimate of drug-likeness (QED) is 0.807. The summed E-state index contributed by atoms with van der Waals surface area (Å²) in [4.78, 5) is 29.7. The second-order valence-electron chi connectivity index (χ2n) is 7.68. The summed E-state index contributed by atoms with van der Waals surface area (Å²) in [5, 5.41) is 11.2. The molecule has 0 saturated carbocycles. The molecule has 1 aliphatic rings. The van der Waals surface area contributed by atoms with E-state index in [1.54, 1.807) is 4.90 Å². The fraction of sp³-hybridized carbons (Fsp3) is 0.450. The molecule has 7 nitrogen and oxygen atoms in total. The van der Waals surface area contributed by atoms with Crippen molar-refractivity contribution in [1.29, 1.82) is 0 Å². The lowest BCUT2D eigenvalue weighted by Gasteiger charge is -2.27. The van der Waals surface area contributed by atoms with Crippen molar-refractivity contribution >= 4 is 23.4 Å². The standard InChI is InChI=1S/C20H24N2O5S/c1-20(2,3)27-19(25)22-10-14(26-11-13-7-5-4-6-8-13)9-16(22)17-21-15(12-28-17)18(23)24/h4-8,12,14,16H,9-11H2,1-3H3,(H,23,24)/t14-,16+/m1/s1. The zero-order valence-corrected chi connectivity index (χ0v) is 16.9. The zero-order valence-electron chi connectivity index (χ0n) is 16.1. The van der Waals surface area contributed by atoms with E-state index < -0.39 is 17.7 Å². The van der Waals surface area contributed by atoms with E-state index in [0.29, 0.717) is 24.6 Å². The van der Waals surface area contributed by atoms with Crippen molar-refractivity contribution < 1.29 is 24.2 Å². The lowest BCUT2D eigenvalue weighted by Crippen LogP contribution is -2.37. The summed E-state index contributed by atoms with van der Waals surface area (Å²) < 4.78 is 11.5. The molecule has 28 heavy (non-hydrogen) atoms. The monoisotopic (exact) mass is 404 g/mol. The van der Waals surface area contributed by atoms with Gasteiger partial charge < -0.3 is 14.6 Å². The van der Waals surface area contributed by atoms with Crippen molar-refractivity contribution in [2.24, 2.45) is 0 Å². The molecule has 2 aromatic rings. The van der Waals surface area contributed by atoms with Gasteiger partial charge in [0.15, 0.2) is 5.69 Å². The van der Waals surface area contributed by atoms with Gasteiger partial charge in [0, 0.05) is 11.8 Å². The Morgan fingerprint density at radius 2 is 2.00 bits per heavy atom. The molecule has 0 spiro atoms. The lowest BCUT2D eigenvalue weighted by atomic mass is 10.2. The summed E-state index contributed by atoms with van der Waals surface area (Å²) >= 11 is 1.23. The first-order valence-electron chi connectivity index (χ1n) is 9.07. The van der Waals surface area contributed by atoms with E-state index in [1.807, 2.05) is 51.1 Å². The number of carboxylic acids is 1. The maximum absolute atomic E-state index is 12.7. The summed E-state index contributed by atoms with van der Waals surface area (Å²) in [7, 11) is 0. The average Bonchev–Trinajstić information content (AvgIpc) is 3.26. The number of amides is 1. The van der Waals surface area contributed by atoms with Crippen molar-refractivity contribution in [2.75, 3.05) is 6.54 Å². The number of likely N-dealkylation sites (tertiary alicyclic amines) is 1. The number of hydrogen-bond acceptors (Lipinski definition) is 6. The molecular weight excluding hydrogens is 380 g/mol. The molecule has 0 aliphatic carbocycles. The molecule has 2 atom stereocenters. The summed E-state index contributed by atoms with van der Waals surface area (Å²) in [6, 6.07) is 9.45. The van der Waals surface area contributed by atoms with Crippen molar-refractivity contribution in [2.45, 2.75) is 51.5 Å². The second kappa shape index (κ2) is 8.28. The summed E-state index contributed by atoms with van der Waals surface area (Å²) in [5.74, 6) is -1.08. The molecule has 2 heterocycles. The Bertz CT molecular complexity index is 831. The SMILES string of the molecule is CC(C)(C)OC(=O)N1C[C@H](OCc2ccccc2)C[C@H]1c1nc(C(=O)O)cs1. The third-order valence-corrected chi connectivity index (χ3v) is 5.19. The van der Waals surface area contributed by atoms with Crippen LogP contribution in [0.15, 0.2) is 35.7 Å². The first-order valence-corrected chi connectivity index (χ1v) is 9.95. The number of carbonyl (C=O) groups is 2. The van der Waals surface area contributed by atoms with Crippen LogP contribution in [0.5, 0.6) is 0 Å². The molecule has 150 valence electrons. The van der Waals surface area contributed by atoms with Crippen molar-refractivity contribution in [3.8, 4) is 0 Å². The topological polar surface area (TPSA) is 89.0 Å². The highest BCUT2D eigenvalue weighted by Gasteiger charge is 2.40. The number of benzene rings is 1. The van der Waals surface area contributed by atoms with Crippen LogP contribution in [0.1, 0.15) is 54.3 Å². The zero-order chi connectivity index (χ0) is 20.3. The Kier molecular flexibility index (Phi) is 6.00. The number of aromatic carboxylic acids is 1. The van der Waals surface area contributed by atoms with E-state index in [2.05, 4.69) is 4.98 Å². The van der Waals surface area contributed by atoms with Crippen molar-refractivity contribution in [3.63, 3.8) is 0 Å². The molecule has 0 bridgehead atoms. The van der Waals surface area contributed by atoms with Gasteiger partial charge >= 0.3 is 12.1 Å². The maximum atomic E-state index is 12.7. The number of rotatable bonds is 5. The minimum absolute atomic E-state index is 0.0159. The van der Waals surface area contributed by atoms with Gasteiger partial charge in [-0.2, -0.15) is 0 Å². The Morgan fingerprint density at radius 3 is 2.61 bits per heavy atom. The Hall–Kier alpha value is -2.45. The highest BCUT2D eigenvalue weighted by molar-refractivity contribution is 7.09. The Labute approximate surface area is 167 Å². The summed E-state index contributed by atoms with van der Waals surface area (Å²) in [6.45, 7) is 6.24. The molecule has 0 unspecified atom stereocenters. The highest BCUT2D eigenvalue weighted by atomic mass is 32.1. The fourth-order valence-electron chi connectivity index (χ4n) is 3.00. The molecule has 0 radical (unpaired) electrons. The van der Waals surface area contributed by atoms with Crippen LogP contribution in [0, 0.1) is 0 Å². The molecule has 1 aromatic carbocycles. The molecule has 1 N–H and O–H groups in total. The predicted molar refractivity (Wildman–Crippen MR) is 104 cm³/mol. The lowest BCUT2D eigenvalue weighted by molar-refractivity contribution is 0.0148. The average molecular weight is 404 g/mol. The van der Waals surface area contributed by atoms with E-state index in [4.69, 9.17) is 14.6 Å². The highest BCUT2D eigenvalue weighted by Crippen LogP contribution is 2.36. The van der Waals surface area contributed by atoms with E-state index in [-0.39, 0.29) is 17.8 Å². The molecule has 1 aliphatic heterocycles. The van der Waals surface area contributed by atoms with Gasteiger partial charge in [0.05, 0.1) is 25.3 Å². The van der Waals surface area contributed by atoms with Crippen LogP contribution in [0.2, 0.25) is 0 Å². The number of nitrogens with zero attached hydrogens (tertiary/aromatic N) is 2. The fourth-order valence-corrected chi connectivity index (χ4v) is 3.92. The van der Waals surface area contributed by atoms with Crippen LogP contribution in [0.25, 0.3) is 0 Å². The smallest absolute Gasteiger partial charge is 0.410 e. The molecule has 3 rings (SSSR count). The maximum Gasteiger partial charge on any atom is 0.410 e. The van der Waals surface area contributed by atoms with Gasteiger partial charge in [-0.1, -0.05) is 30.3 Å². The number of ether oxygens (including phenoxy) is 2. The van der Waals surface area contributed by atoms with Gasteiger partial charge in [-0.05, 0) is 26.3 Å². The van der Waals surface area contributed by atoms with Gasteiger partial charge in [-0.3, -0.25) is 4.90 Å². The van der Waals surface area contributed by atoms with E-state index in [0.717, 1.165) is 5.56 Å². The van der Waals surface area contributed by atoms with E-state index in [1.165, 1.54) is 16.7 Å². The molecule has 1 fully saturated rings. The van der Waals surface area contributed by atoms with Crippen LogP contribution in [-0.2, 0) is 16.1 Å². The molecule has 1 amide bonds. The van der Waals surface area contributed by atoms with Crippen molar-refractivity contribution in [3.05, 3.63) is 52.0 Å². The normalized spacial score (nSPS) is 19.6. The van der Waals surface area contributed by atoms with Gasteiger partial charge in [-0.15, -0.1) is 11.3 Å². The predicted octanol–water partition coefficient (Wildman–Crippen LogP) is 4.11. The number of hydrogen-bond donors (Lipinski definition) is 1. The Morgan fingerprint density at radius 1 is 1.29 bits per heavy atom. The third kappa shape index (κ3) is 5.08. The number of carbonyl (C=O) groups excluding carboxylic acids is 1. The molecule has 1 saturated heterocycles. The number of carboxylic acid groups (broad SMARTS) is 1. The third-order valence-electron chi connectivity index (χ3n) is 4.25.